The number of esters is 1. The van der Waals surface area contributed by atoms with Crippen molar-refractivity contribution in [3.63, 3.8) is 0 Å². The number of aromatic nitrogens is 2. The van der Waals surface area contributed by atoms with Crippen molar-refractivity contribution in [2.45, 2.75) is 13.8 Å². The van der Waals surface area contributed by atoms with E-state index < -0.39 is 5.97 Å². The minimum Gasteiger partial charge on any atom is -0.462 e. The second-order valence-electron chi connectivity index (χ2n) is 5.27. The number of benzene rings is 1. The third-order valence-electron chi connectivity index (χ3n) is 3.57. The SMILES string of the molecule is CCOC(=O)c1sc2ncnc(NNC(=O)c3cccc(Br)c3)c2c1C. The van der Waals surface area contributed by atoms with Gasteiger partial charge >= 0.3 is 5.97 Å². The molecule has 0 unspecified atom stereocenters. The Balaban J connectivity index is 1.86. The molecule has 3 aromatic rings. The Kier molecular flexibility index (Phi) is 5.48. The molecule has 2 N–H and O–H groups in total. The molecule has 26 heavy (non-hydrogen) atoms. The van der Waals surface area contributed by atoms with Gasteiger partial charge in [0.1, 0.15) is 16.0 Å². The van der Waals surface area contributed by atoms with Gasteiger partial charge in [-0.3, -0.25) is 15.6 Å². The molecule has 0 radical (unpaired) electrons. The highest BCUT2D eigenvalue weighted by Crippen LogP contribution is 2.33. The fourth-order valence-electron chi connectivity index (χ4n) is 2.38. The van der Waals surface area contributed by atoms with Crippen LogP contribution in [0.2, 0.25) is 0 Å². The van der Waals surface area contributed by atoms with Gasteiger partial charge in [-0.15, -0.1) is 11.3 Å². The highest BCUT2D eigenvalue weighted by Gasteiger charge is 2.20. The summed E-state index contributed by atoms with van der Waals surface area (Å²) in [5, 5.41) is 0.676. The second kappa shape index (κ2) is 7.79. The maximum atomic E-state index is 12.3. The lowest BCUT2D eigenvalue weighted by molar-refractivity contribution is 0.0531. The zero-order chi connectivity index (χ0) is 18.7. The number of hydrogen-bond acceptors (Lipinski definition) is 7. The number of hydrogen-bond donors (Lipinski definition) is 2. The molecule has 2 aromatic heterocycles. The molecule has 1 amide bonds. The summed E-state index contributed by atoms with van der Waals surface area (Å²) < 4.78 is 5.88. The molecule has 0 bridgehead atoms. The largest absolute Gasteiger partial charge is 0.462 e. The lowest BCUT2D eigenvalue weighted by Gasteiger charge is -2.09. The van der Waals surface area contributed by atoms with E-state index in [1.807, 2.05) is 6.07 Å². The summed E-state index contributed by atoms with van der Waals surface area (Å²) in [4.78, 5) is 33.9. The van der Waals surface area contributed by atoms with E-state index in [-0.39, 0.29) is 5.91 Å². The van der Waals surface area contributed by atoms with Gasteiger partial charge in [-0.1, -0.05) is 22.0 Å². The van der Waals surface area contributed by atoms with E-state index >= 15 is 0 Å². The van der Waals surface area contributed by atoms with E-state index in [0.29, 0.717) is 38.6 Å². The Morgan fingerprint density at radius 3 is 2.85 bits per heavy atom. The summed E-state index contributed by atoms with van der Waals surface area (Å²) in [6.45, 7) is 3.85. The predicted molar refractivity (Wildman–Crippen MR) is 103 cm³/mol. The number of nitrogens with one attached hydrogen (secondary N) is 2. The molecule has 0 atom stereocenters. The molecule has 0 fully saturated rings. The lowest BCUT2D eigenvalue weighted by atomic mass is 10.2. The first-order chi connectivity index (χ1) is 12.5. The topological polar surface area (TPSA) is 93.2 Å². The van der Waals surface area contributed by atoms with E-state index in [9.17, 15) is 9.59 Å². The van der Waals surface area contributed by atoms with Gasteiger partial charge in [0.2, 0.25) is 0 Å². The number of nitrogens with zero attached hydrogens (tertiary/aromatic N) is 2. The summed E-state index contributed by atoms with van der Waals surface area (Å²) in [6.07, 6.45) is 1.38. The van der Waals surface area contributed by atoms with Crippen LogP contribution >= 0.6 is 27.3 Å². The van der Waals surface area contributed by atoms with Crippen molar-refractivity contribution in [3.05, 3.63) is 51.1 Å². The minimum absolute atomic E-state index is 0.298. The predicted octanol–water partition coefficient (Wildman–Crippen LogP) is 3.70. The maximum Gasteiger partial charge on any atom is 0.348 e. The molecule has 0 aliphatic carbocycles. The number of anilines is 1. The van der Waals surface area contributed by atoms with Gasteiger partial charge in [0.15, 0.2) is 5.82 Å². The number of carbonyl (C=O) groups is 2. The van der Waals surface area contributed by atoms with Gasteiger partial charge in [0.25, 0.3) is 5.91 Å². The standard InChI is InChI=1S/C17H15BrN4O3S/c1-3-25-17(24)13-9(2)12-14(19-8-20-16(12)26-13)21-22-15(23)10-5-4-6-11(18)7-10/h4-8H,3H2,1-2H3,(H,22,23)(H,19,20,21). The first-order valence-electron chi connectivity index (χ1n) is 7.74. The lowest BCUT2D eigenvalue weighted by Crippen LogP contribution is -2.29. The number of aryl methyl sites for hydroxylation is 1. The highest BCUT2D eigenvalue weighted by atomic mass is 79.9. The van der Waals surface area contributed by atoms with Gasteiger partial charge in [0, 0.05) is 10.0 Å². The van der Waals surface area contributed by atoms with Crippen molar-refractivity contribution in [1.29, 1.82) is 0 Å². The third-order valence-corrected chi connectivity index (χ3v) is 5.24. The Bertz CT molecular complexity index is 989. The zero-order valence-electron chi connectivity index (χ0n) is 14.0. The molecule has 9 heteroatoms. The van der Waals surface area contributed by atoms with Gasteiger partial charge < -0.3 is 4.74 Å². The van der Waals surface area contributed by atoms with Gasteiger partial charge in [-0.2, -0.15) is 0 Å². The van der Waals surface area contributed by atoms with Crippen LogP contribution in [0.25, 0.3) is 10.2 Å². The molecule has 0 aliphatic heterocycles. The molecule has 2 heterocycles. The van der Waals surface area contributed by atoms with Gasteiger partial charge in [-0.05, 0) is 37.6 Å². The van der Waals surface area contributed by atoms with Gasteiger partial charge in [0.05, 0.1) is 12.0 Å². The number of rotatable bonds is 5. The molecule has 0 saturated heterocycles. The summed E-state index contributed by atoms with van der Waals surface area (Å²) >= 11 is 4.57. The van der Waals surface area contributed by atoms with E-state index in [0.717, 1.165) is 4.47 Å². The normalized spacial score (nSPS) is 10.6. The summed E-state index contributed by atoms with van der Waals surface area (Å²) in [6, 6.07) is 7.02. The van der Waals surface area contributed by atoms with Crippen LogP contribution in [0.5, 0.6) is 0 Å². The number of halogens is 1. The maximum absolute atomic E-state index is 12.3. The van der Waals surface area contributed by atoms with Crippen LogP contribution in [-0.4, -0.2) is 28.5 Å². The molecular weight excluding hydrogens is 420 g/mol. The fourth-order valence-corrected chi connectivity index (χ4v) is 3.82. The van der Waals surface area contributed by atoms with Crippen molar-refractivity contribution in [2.24, 2.45) is 0 Å². The van der Waals surface area contributed by atoms with Crippen molar-refractivity contribution in [2.75, 3.05) is 12.0 Å². The molecule has 0 aliphatic rings. The van der Waals surface area contributed by atoms with Crippen LogP contribution in [0.4, 0.5) is 5.82 Å². The van der Waals surface area contributed by atoms with Gasteiger partial charge in [-0.25, -0.2) is 14.8 Å². The van der Waals surface area contributed by atoms with Crippen molar-refractivity contribution < 1.29 is 14.3 Å². The molecule has 1 aromatic carbocycles. The number of carbonyl (C=O) groups excluding carboxylic acids is 2. The average molecular weight is 435 g/mol. The molecular formula is C17H15BrN4O3S. The van der Waals surface area contributed by atoms with E-state index in [2.05, 4.69) is 36.7 Å². The van der Waals surface area contributed by atoms with Crippen molar-refractivity contribution >= 4 is 55.2 Å². The van der Waals surface area contributed by atoms with Crippen LogP contribution in [-0.2, 0) is 4.74 Å². The molecule has 134 valence electrons. The average Bonchev–Trinajstić information content (AvgIpc) is 2.97. The van der Waals surface area contributed by atoms with Crippen LogP contribution in [0.15, 0.2) is 35.1 Å². The Hall–Kier alpha value is -2.52. The van der Waals surface area contributed by atoms with Crippen molar-refractivity contribution in [1.82, 2.24) is 15.4 Å². The third kappa shape index (κ3) is 3.68. The Morgan fingerprint density at radius 2 is 2.12 bits per heavy atom. The Morgan fingerprint density at radius 1 is 1.31 bits per heavy atom. The monoisotopic (exact) mass is 434 g/mol. The molecule has 0 saturated carbocycles. The van der Waals surface area contributed by atoms with E-state index in [4.69, 9.17) is 4.74 Å². The Labute approximate surface area is 161 Å². The van der Waals surface area contributed by atoms with Crippen molar-refractivity contribution in [3.8, 4) is 0 Å². The number of fused-ring (bicyclic) bond motifs is 1. The summed E-state index contributed by atoms with van der Waals surface area (Å²) in [5.41, 5.74) is 6.64. The minimum atomic E-state index is -0.392. The summed E-state index contributed by atoms with van der Waals surface area (Å²) in [5.74, 6) is -0.281. The van der Waals surface area contributed by atoms with Crippen LogP contribution in [0.1, 0.15) is 32.5 Å². The number of ether oxygens (including phenoxy) is 1. The number of thiophene rings is 1. The quantitative estimate of drug-likeness (QED) is 0.469. The smallest absolute Gasteiger partial charge is 0.348 e. The second-order valence-corrected chi connectivity index (χ2v) is 7.18. The zero-order valence-corrected chi connectivity index (χ0v) is 16.4. The fraction of sp³-hybridized carbons (Fsp3) is 0.176. The molecule has 7 nitrogen and oxygen atoms in total. The highest BCUT2D eigenvalue weighted by molar-refractivity contribution is 9.10. The summed E-state index contributed by atoms with van der Waals surface area (Å²) in [7, 11) is 0. The first kappa shape index (κ1) is 18.3. The number of amides is 1. The van der Waals surface area contributed by atoms with E-state index in [1.54, 1.807) is 32.0 Å². The van der Waals surface area contributed by atoms with Crippen LogP contribution in [0, 0.1) is 6.92 Å². The number of hydrazine groups is 1. The van der Waals surface area contributed by atoms with Crippen LogP contribution < -0.4 is 10.9 Å². The molecule has 3 rings (SSSR count). The van der Waals surface area contributed by atoms with Crippen LogP contribution in [0.3, 0.4) is 0 Å². The van der Waals surface area contributed by atoms with E-state index in [1.165, 1.54) is 17.7 Å². The first-order valence-corrected chi connectivity index (χ1v) is 9.35. The molecule has 0 spiro atoms.